The minimum atomic E-state index is -0.599. The van der Waals surface area contributed by atoms with Crippen LogP contribution in [0.25, 0.3) is 0 Å². The van der Waals surface area contributed by atoms with Gasteiger partial charge in [0.2, 0.25) is 0 Å². The molecule has 0 amide bonds. The van der Waals surface area contributed by atoms with Gasteiger partial charge < -0.3 is 15.5 Å². The maximum atomic E-state index is 11.4. The lowest BCUT2D eigenvalue weighted by atomic mass is 10.3. The second kappa shape index (κ2) is 5.31. The van der Waals surface area contributed by atoms with Gasteiger partial charge in [-0.15, -0.1) is 0 Å². The van der Waals surface area contributed by atoms with Gasteiger partial charge in [-0.25, -0.2) is 9.79 Å². The Balaban J connectivity index is 2.99. The highest BCUT2D eigenvalue weighted by Crippen LogP contribution is 2.09. The number of carbonyl (C=O) groups is 1. The summed E-state index contributed by atoms with van der Waals surface area (Å²) in [7, 11) is 0. The lowest BCUT2D eigenvalue weighted by Crippen LogP contribution is -2.18. The van der Waals surface area contributed by atoms with Crippen molar-refractivity contribution in [1.82, 2.24) is 5.32 Å². The zero-order chi connectivity index (χ0) is 11.3. The van der Waals surface area contributed by atoms with E-state index in [-0.39, 0.29) is 23.2 Å². The SMILES string of the molecule is CCOC(=O)/C(C=N)=C1\N=C(Cl)C=CN1. The first kappa shape index (κ1) is 11.5. The molecule has 0 spiro atoms. The molecule has 1 heterocycles. The van der Waals surface area contributed by atoms with Gasteiger partial charge in [-0.05, 0) is 13.0 Å². The van der Waals surface area contributed by atoms with Gasteiger partial charge in [0.05, 0.1) is 6.61 Å². The summed E-state index contributed by atoms with van der Waals surface area (Å²) in [5, 5.41) is 10.1. The van der Waals surface area contributed by atoms with Gasteiger partial charge in [0.15, 0.2) is 0 Å². The van der Waals surface area contributed by atoms with E-state index in [0.717, 1.165) is 6.21 Å². The maximum Gasteiger partial charge on any atom is 0.343 e. The summed E-state index contributed by atoms with van der Waals surface area (Å²) in [6, 6.07) is 0. The van der Waals surface area contributed by atoms with E-state index in [0.29, 0.717) is 0 Å². The molecular weight excluding hydrogens is 218 g/mol. The van der Waals surface area contributed by atoms with Crippen LogP contribution in [0.5, 0.6) is 0 Å². The molecule has 0 aromatic rings. The molecule has 0 aromatic heterocycles. The predicted octanol–water partition coefficient (Wildman–Crippen LogP) is 1.16. The Morgan fingerprint density at radius 3 is 3.07 bits per heavy atom. The van der Waals surface area contributed by atoms with Crippen molar-refractivity contribution < 1.29 is 9.53 Å². The Morgan fingerprint density at radius 2 is 2.53 bits per heavy atom. The molecule has 6 heteroatoms. The van der Waals surface area contributed by atoms with E-state index in [1.165, 1.54) is 12.3 Å². The van der Waals surface area contributed by atoms with Crippen LogP contribution in [0, 0.1) is 5.41 Å². The highest BCUT2D eigenvalue weighted by Gasteiger charge is 2.15. The van der Waals surface area contributed by atoms with Crippen LogP contribution in [0.15, 0.2) is 28.7 Å². The predicted molar refractivity (Wildman–Crippen MR) is 58.0 cm³/mol. The van der Waals surface area contributed by atoms with Crippen molar-refractivity contribution in [3.8, 4) is 0 Å². The van der Waals surface area contributed by atoms with Gasteiger partial charge in [-0.2, -0.15) is 0 Å². The average molecular weight is 228 g/mol. The Kier molecular flexibility index (Phi) is 4.05. The van der Waals surface area contributed by atoms with Crippen LogP contribution in [-0.2, 0) is 9.53 Å². The van der Waals surface area contributed by atoms with Gasteiger partial charge in [-0.1, -0.05) is 11.6 Å². The number of esters is 1. The number of ether oxygens (including phenoxy) is 1. The third-order valence-corrected chi connectivity index (χ3v) is 1.76. The summed E-state index contributed by atoms with van der Waals surface area (Å²) in [5.41, 5.74) is 0.0411. The van der Waals surface area contributed by atoms with E-state index in [4.69, 9.17) is 21.7 Å². The summed E-state index contributed by atoms with van der Waals surface area (Å²) < 4.78 is 4.76. The van der Waals surface area contributed by atoms with Crippen molar-refractivity contribution in [2.45, 2.75) is 6.92 Å². The summed E-state index contributed by atoms with van der Waals surface area (Å²) in [6.45, 7) is 1.94. The van der Waals surface area contributed by atoms with Gasteiger partial charge in [0.25, 0.3) is 0 Å². The molecular formula is C9H10ClN3O2. The van der Waals surface area contributed by atoms with Crippen LogP contribution >= 0.6 is 11.6 Å². The third kappa shape index (κ3) is 2.92. The second-order valence-corrected chi connectivity index (χ2v) is 2.93. The highest BCUT2D eigenvalue weighted by molar-refractivity contribution is 6.68. The van der Waals surface area contributed by atoms with Crippen molar-refractivity contribution in [2.24, 2.45) is 4.99 Å². The highest BCUT2D eigenvalue weighted by atomic mass is 35.5. The molecule has 0 saturated carbocycles. The number of aliphatic imine (C=N–C) groups is 1. The maximum absolute atomic E-state index is 11.4. The number of halogens is 1. The number of carbonyl (C=O) groups excluding carboxylic acids is 1. The van der Waals surface area contributed by atoms with Crippen molar-refractivity contribution in [3.63, 3.8) is 0 Å². The normalized spacial score (nSPS) is 17.6. The second-order valence-electron chi connectivity index (χ2n) is 2.54. The van der Waals surface area contributed by atoms with Crippen LogP contribution < -0.4 is 5.32 Å². The smallest absolute Gasteiger partial charge is 0.343 e. The number of hydrogen-bond acceptors (Lipinski definition) is 5. The molecule has 5 nitrogen and oxygen atoms in total. The molecule has 15 heavy (non-hydrogen) atoms. The van der Waals surface area contributed by atoms with Crippen LogP contribution in [0.1, 0.15) is 6.92 Å². The fourth-order valence-corrected chi connectivity index (χ4v) is 1.08. The standard InChI is InChI=1S/C9H10ClN3O2/c1-2-15-9(14)6(5-11)8-12-4-3-7(10)13-8/h3-5,11-12H,2H2,1H3/b8-6-,11-5?. The minimum absolute atomic E-state index is 0.0411. The molecule has 0 unspecified atom stereocenters. The summed E-state index contributed by atoms with van der Waals surface area (Å²) in [5.74, 6) is -0.380. The number of nitrogens with zero attached hydrogens (tertiary/aromatic N) is 1. The van der Waals surface area contributed by atoms with Crippen LogP contribution in [-0.4, -0.2) is 24.0 Å². The topological polar surface area (TPSA) is 74.5 Å². The van der Waals surface area contributed by atoms with E-state index in [2.05, 4.69) is 10.3 Å². The van der Waals surface area contributed by atoms with Crippen LogP contribution in [0.4, 0.5) is 0 Å². The largest absolute Gasteiger partial charge is 0.462 e. The Hall–Kier alpha value is -1.62. The quantitative estimate of drug-likeness (QED) is 0.432. The van der Waals surface area contributed by atoms with Gasteiger partial charge in [-0.3, -0.25) is 0 Å². The summed E-state index contributed by atoms with van der Waals surface area (Å²) in [4.78, 5) is 15.2. The lowest BCUT2D eigenvalue weighted by Gasteiger charge is -2.10. The minimum Gasteiger partial charge on any atom is -0.462 e. The molecule has 0 saturated heterocycles. The zero-order valence-corrected chi connectivity index (χ0v) is 8.84. The number of nitrogens with one attached hydrogen (secondary N) is 2. The molecule has 80 valence electrons. The van der Waals surface area contributed by atoms with Gasteiger partial charge >= 0.3 is 5.97 Å². The van der Waals surface area contributed by atoms with Crippen molar-refractivity contribution in [3.05, 3.63) is 23.7 Å². The number of rotatable bonds is 3. The lowest BCUT2D eigenvalue weighted by molar-refractivity contribution is -0.137. The van der Waals surface area contributed by atoms with Crippen LogP contribution in [0.3, 0.4) is 0 Å². The van der Waals surface area contributed by atoms with E-state index >= 15 is 0 Å². The first-order valence-electron chi connectivity index (χ1n) is 4.28. The average Bonchev–Trinajstić information content (AvgIpc) is 2.19. The number of allylic oxidation sites excluding steroid dienone is 1. The molecule has 0 bridgehead atoms. The van der Waals surface area contributed by atoms with E-state index in [9.17, 15) is 4.79 Å². The third-order valence-electron chi connectivity index (χ3n) is 1.55. The zero-order valence-electron chi connectivity index (χ0n) is 8.08. The molecule has 1 rings (SSSR count). The monoisotopic (exact) mass is 227 g/mol. The Morgan fingerprint density at radius 1 is 1.80 bits per heavy atom. The van der Waals surface area contributed by atoms with Crippen molar-refractivity contribution in [2.75, 3.05) is 6.61 Å². The molecule has 0 atom stereocenters. The van der Waals surface area contributed by atoms with Crippen LogP contribution in [0.2, 0.25) is 0 Å². The van der Waals surface area contributed by atoms with Crippen molar-refractivity contribution >= 4 is 29.0 Å². The first-order valence-corrected chi connectivity index (χ1v) is 4.66. The molecule has 1 aliphatic heterocycles. The first-order chi connectivity index (χ1) is 7.19. The summed E-state index contributed by atoms with van der Waals surface area (Å²) in [6.07, 6.45) is 3.96. The fourth-order valence-electron chi connectivity index (χ4n) is 0.936. The summed E-state index contributed by atoms with van der Waals surface area (Å²) >= 11 is 5.66. The molecule has 0 fully saturated rings. The number of hydrogen-bond donors (Lipinski definition) is 2. The van der Waals surface area contributed by atoms with Gasteiger partial charge in [0.1, 0.15) is 16.6 Å². The fraction of sp³-hybridized carbons (Fsp3) is 0.222. The molecule has 0 aliphatic carbocycles. The van der Waals surface area contributed by atoms with E-state index in [1.54, 1.807) is 6.92 Å². The Labute approximate surface area is 92.0 Å². The molecule has 2 N–H and O–H groups in total. The van der Waals surface area contributed by atoms with Gasteiger partial charge in [0, 0.05) is 12.4 Å². The van der Waals surface area contributed by atoms with E-state index < -0.39 is 5.97 Å². The molecule has 0 radical (unpaired) electrons. The molecule has 0 aromatic carbocycles. The van der Waals surface area contributed by atoms with E-state index in [1.807, 2.05) is 0 Å². The Bertz CT molecular complexity index is 372. The molecule has 1 aliphatic rings. The van der Waals surface area contributed by atoms with Crippen molar-refractivity contribution in [1.29, 1.82) is 5.41 Å².